The molecular weight excluding hydrogens is 229 g/mol. The first-order valence-electron chi connectivity index (χ1n) is 5.47. The average molecular weight is 241 g/mol. The van der Waals surface area contributed by atoms with Gasteiger partial charge in [0.15, 0.2) is 0 Å². The van der Waals surface area contributed by atoms with Gasteiger partial charge in [-0.15, -0.1) is 0 Å². The third kappa shape index (κ3) is 2.77. The normalized spacial score (nSPS) is 9.78. The lowest BCUT2D eigenvalue weighted by Crippen LogP contribution is -2.01. The van der Waals surface area contributed by atoms with Crippen LogP contribution in [0.5, 0.6) is 0 Å². The molecule has 0 aliphatic heterocycles. The quantitative estimate of drug-likeness (QED) is 0.812. The summed E-state index contributed by atoms with van der Waals surface area (Å²) in [5.74, 6) is -0.412. The second-order valence-corrected chi connectivity index (χ2v) is 3.90. The molecule has 0 aliphatic carbocycles. The summed E-state index contributed by atoms with van der Waals surface area (Å²) < 4.78 is 12.9. The lowest BCUT2D eigenvalue weighted by molar-refractivity contribution is 0.627. The monoisotopic (exact) mass is 241 g/mol. The summed E-state index contributed by atoms with van der Waals surface area (Å²) in [6.07, 6.45) is 0. The van der Waals surface area contributed by atoms with Crippen molar-refractivity contribution < 1.29 is 4.39 Å². The molecule has 0 radical (unpaired) electrons. The SMILES string of the molecule is N#Cc1cc(F)ccc1NCc1ccc(N)cc1. The molecule has 0 aromatic heterocycles. The van der Waals surface area contributed by atoms with Crippen LogP contribution in [0.3, 0.4) is 0 Å². The van der Waals surface area contributed by atoms with Crippen molar-refractivity contribution in [2.24, 2.45) is 0 Å². The Balaban J connectivity index is 2.11. The number of nitriles is 1. The van der Waals surface area contributed by atoms with E-state index < -0.39 is 5.82 Å². The molecule has 0 amide bonds. The van der Waals surface area contributed by atoms with Crippen LogP contribution in [0, 0.1) is 17.1 Å². The molecule has 0 saturated heterocycles. The highest BCUT2D eigenvalue weighted by molar-refractivity contribution is 5.57. The van der Waals surface area contributed by atoms with Gasteiger partial charge in [0.2, 0.25) is 0 Å². The van der Waals surface area contributed by atoms with Crippen LogP contribution in [0.25, 0.3) is 0 Å². The number of hydrogen-bond donors (Lipinski definition) is 2. The predicted octanol–water partition coefficient (Wildman–Crippen LogP) is 2.89. The molecule has 0 fully saturated rings. The number of nitrogens with one attached hydrogen (secondary N) is 1. The Morgan fingerprint density at radius 1 is 1.17 bits per heavy atom. The van der Waals surface area contributed by atoms with E-state index in [1.165, 1.54) is 12.1 Å². The van der Waals surface area contributed by atoms with Gasteiger partial charge in [0.05, 0.1) is 11.3 Å². The molecule has 2 aromatic rings. The van der Waals surface area contributed by atoms with Crippen molar-refractivity contribution in [1.29, 1.82) is 5.26 Å². The van der Waals surface area contributed by atoms with Gasteiger partial charge in [-0.05, 0) is 35.9 Å². The van der Waals surface area contributed by atoms with Gasteiger partial charge in [-0.3, -0.25) is 0 Å². The lowest BCUT2D eigenvalue weighted by atomic mass is 10.1. The van der Waals surface area contributed by atoms with Crippen molar-refractivity contribution in [2.75, 3.05) is 11.1 Å². The fraction of sp³-hybridized carbons (Fsp3) is 0.0714. The summed E-state index contributed by atoms with van der Waals surface area (Å²) >= 11 is 0. The highest BCUT2D eigenvalue weighted by atomic mass is 19.1. The molecule has 0 aliphatic rings. The minimum absolute atomic E-state index is 0.297. The maximum atomic E-state index is 12.9. The Bertz CT molecular complexity index is 585. The van der Waals surface area contributed by atoms with Gasteiger partial charge in [-0.1, -0.05) is 12.1 Å². The van der Waals surface area contributed by atoms with Gasteiger partial charge >= 0.3 is 0 Å². The summed E-state index contributed by atoms with van der Waals surface area (Å²) in [4.78, 5) is 0. The average Bonchev–Trinajstić information content (AvgIpc) is 2.39. The van der Waals surface area contributed by atoms with Gasteiger partial charge in [-0.2, -0.15) is 5.26 Å². The first-order chi connectivity index (χ1) is 8.69. The van der Waals surface area contributed by atoms with Crippen LogP contribution >= 0.6 is 0 Å². The summed E-state index contributed by atoms with van der Waals surface area (Å²) in [5, 5.41) is 12.0. The van der Waals surface area contributed by atoms with Crippen LogP contribution in [0.4, 0.5) is 15.8 Å². The number of nitrogen functional groups attached to an aromatic ring is 1. The molecule has 0 heterocycles. The van der Waals surface area contributed by atoms with Crippen LogP contribution in [0.15, 0.2) is 42.5 Å². The van der Waals surface area contributed by atoms with Crippen molar-refractivity contribution in [1.82, 2.24) is 0 Å². The lowest BCUT2D eigenvalue weighted by Gasteiger charge is -2.08. The summed E-state index contributed by atoms with van der Waals surface area (Å²) in [6.45, 7) is 0.556. The molecule has 0 bridgehead atoms. The first kappa shape index (κ1) is 11.9. The third-order valence-electron chi connectivity index (χ3n) is 2.56. The van der Waals surface area contributed by atoms with E-state index in [0.29, 0.717) is 23.5 Å². The van der Waals surface area contributed by atoms with E-state index in [1.54, 1.807) is 6.07 Å². The largest absolute Gasteiger partial charge is 0.399 e. The van der Waals surface area contributed by atoms with Gasteiger partial charge in [-0.25, -0.2) is 4.39 Å². The molecule has 0 unspecified atom stereocenters. The Morgan fingerprint density at radius 3 is 2.56 bits per heavy atom. The number of hydrogen-bond acceptors (Lipinski definition) is 3. The Labute approximate surface area is 105 Å². The smallest absolute Gasteiger partial charge is 0.124 e. The van der Waals surface area contributed by atoms with Crippen LogP contribution in [0.2, 0.25) is 0 Å². The van der Waals surface area contributed by atoms with E-state index in [1.807, 2.05) is 30.3 Å². The number of nitrogens with two attached hydrogens (primary N) is 1. The standard InChI is InChI=1S/C14H12FN3/c15-12-3-6-14(11(7-12)8-16)18-9-10-1-4-13(17)5-2-10/h1-7,18H,9,17H2. The van der Waals surface area contributed by atoms with Crippen LogP contribution < -0.4 is 11.1 Å². The molecule has 3 nitrogen and oxygen atoms in total. The van der Waals surface area contributed by atoms with Crippen LogP contribution in [-0.4, -0.2) is 0 Å². The summed E-state index contributed by atoms with van der Waals surface area (Å²) in [7, 11) is 0. The zero-order valence-corrected chi connectivity index (χ0v) is 9.65. The van der Waals surface area contributed by atoms with E-state index >= 15 is 0 Å². The molecule has 18 heavy (non-hydrogen) atoms. The van der Waals surface area contributed by atoms with E-state index in [4.69, 9.17) is 11.0 Å². The summed E-state index contributed by atoms with van der Waals surface area (Å²) in [5.41, 5.74) is 8.25. The van der Waals surface area contributed by atoms with E-state index in [2.05, 4.69) is 5.32 Å². The van der Waals surface area contributed by atoms with Crippen molar-refractivity contribution in [2.45, 2.75) is 6.54 Å². The molecule has 3 N–H and O–H groups in total. The van der Waals surface area contributed by atoms with Crippen molar-refractivity contribution in [3.05, 3.63) is 59.4 Å². The van der Waals surface area contributed by atoms with Crippen molar-refractivity contribution in [3.8, 4) is 6.07 Å². The number of anilines is 2. The van der Waals surface area contributed by atoms with Gasteiger partial charge in [0.25, 0.3) is 0 Å². The zero-order valence-electron chi connectivity index (χ0n) is 9.65. The fourth-order valence-corrected chi connectivity index (χ4v) is 1.60. The Morgan fingerprint density at radius 2 is 1.89 bits per heavy atom. The number of nitrogens with zero attached hydrogens (tertiary/aromatic N) is 1. The third-order valence-corrected chi connectivity index (χ3v) is 2.56. The van der Waals surface area contributed by atoms with Gasteiger partial charge in [0, 0.05) is 12.2 Å². The number of benzene rings is 2. The molecule has 2 aromatic carbocycles. The number of rotatable bonds is 3. The molecular formula is C14H12FN3. The van der Waals surface area contributed by atoms with Crippen molar-refractivity contribution in [3.63, 3.8) is 0 Å². The first-order valence-corrected chi connectivity index (χ1v) is 5.47. The Kier molecular flexibility index (Phi) is 3.44. The molecule has 0 atom stereocenters. The van der Waals surface area contributed by atoms with E-state index in [9.17, 15) is 4.39 Å². The maximum absolute atomic E-state index is 12.9. The van der Waals surface area contributed by atoms with Crippen molar-refractivity contribution >= 4 is 11.4 Å². The zero-order chi connectivity index (χ0) is 13.0. The number of halogens is 1. The van der Waals surface area contributed by atoms with Crippen LogP contribution in [0.1, 0.15) is 11.1 Å². The second kappa shape index (κ2) is 5.19. The maximum Gasteiger partial charge on any atom is 0.124 e. The predicted molar refractivity (Wildman–Crippen MR) is 69.3 cm³/mol. The minimum atomic E-state index is -0.412. The molecule has 0 saturated carbocycles. The van der Waals surface area contributed by atoms with E-state index in [-0.39, 0.29) is 0 Å². The molecule has 90 valence electrons. The van der Waals surface area contributed by atoms with Gasteiger partial charge < -0.3 is 11.1 Å². The molecule has 2 rings (SSSR count). The van der Waals surface area contributed by atoms with E-state index in [0.717, 1.165) is 5.56 Å². The van der Waals surface area contributed by atoms with Crippen LogP contribution in [-0.2, 0) is 6.54 Å². The summed E-state index contributed by atoms with van der Waals surface area (Å²) in [6, 6.07) is 13.5. The topological polar surface area (TPSA) is 61.8 Å². The fourth-order valence-electron chi connectivity index (χ4n) is 1.60. The van der Waals surface area contributed by atoms with Gasteiger partial charge in [0.1, 0.15) is 11.9 Å². The Hall–Kier alpha value is -2.54. The highest BCUT2D eigenvalue weighted by Crippen LogP contribution is 2.17. The highest BCUT2D eigenvalue weighted by Gasteiger charge is 2.03. The molecule has 0 spiro atoms. The minimum Gasteiger partial charge on any atom is -0.399 e. The molecule has 4 heteroatoms. The second-order valence-electron chi connectivity index (χ2n) is 3.90.